The highest BCUT2D eigenvalue weighted by molar-refractivity contribution is 5.46. The zero-order valence-corrected chi connectivity index (χ0v) is 11.8. The van der Waals surface area contributed by atoms with Gasteiger partial charge < -0.3 is 14.9 Å². The van der Waals surface area contributed by atoms with Gasteiger partial charge in [0.1, 0.15) is 6.07 Å². The third-order valence-electron chi connectivity index (χ3n) is 4.85. The number of nitrogens with zero attached hydrogens (tertiary/aromatic N) is 5. The van der Waals surface area contributed by atoms with Gasteiger partial charge in [-0.15, -0.1) is 6.01 Å². The predicted molar refractivity (Wildman–Crippen MR) is 73.0 cm³/mol. The molecule has 5 nitrogen and oxygen atoms in total. The van der Waals surface area contributed by atoms with E-state index in [-0.39, 0.29) is 5.54 Å². The maximum Gasteiger partial charge on any atom is 0.186 e. The van der Waals surface area contributed by atoms with Crippen LogP contribution in [-0.2, 0) is 0 Å². The van der Waals surface area contributed by atoms with E-state index in [1.54, 1.807) is 0 Å². The Morgan fingerprint density at radius 2 is 2.00 bits per heavy atom. The molecular formula is C14H21N5. The Balaban J connectivity index is 0.000000312. The van der Waals surface area contributed by atoms with Gasteiger partial charge in [-0.3, -0.25) is 0 Å². The first-order chi connectivity index (χ1) is 9.10. The topological polar surface area (TPSA) is 82.2 Å². The van der Waals surface area contributed by atoms with Crippen LogP contribution in [-0.4, -0.2) is 35.7 Å². The molecule has 0 aliphatic carbocycles. The molecule has 0 radical (unpaired) electrons. The summed E-state index contributed by atoms with van der Waals surface area (Å²) in [5.74, 6) is 0. The first-order valence-corrected chi connectivity index (χ1v) is 6.84. The molecule has 102 valence electrons. The van der Waals surface area contributed by atoms with Crippen LogP contribution in [0.1, 0.15) is 45.4 Å². The summed E-state index contributed by atoms with van der Waals surface area (Å²) in [6.07, 6.45) is 8.67. The summed E-state index contributed by atoms with van der Waals surface area (Å²) in [5.41, 5.74) is -0.000162. The van der Waals surface area contributed by atoms with Crippen LogP contribution in [0, 0.1) is 22.8 Å². The van der Waals surface area contributed by atoms with E-state index in [1.807, 2.05) is 0 Å². The number of nitriles is 2. The highest BCUT2D eigenvalue weighted by atomic mass is 15.4. The van der Waals surface area contributed by atoms with Crippen LogP contribution in [0.4, 0.5) is 0 Å². The molecule has 0 aromatic carbocycles. The second kappa shape index (κ2) is 6.48. The fourth-order valence-corrected chi connectivity index (χ4v) is 3.64. The molecule has 2 rings (SSSR count). The van der Waals surface area contributed by atoms with Gasteiger partial charge in [0.05, 0.1) is 25.8 Å². The molecule has 19 heavy (non-hydrogen) atoms. The van der Waals surface area contributed by atoms with Gasteiger partial charge in [-0.05, 0) is 6.42 Å². The largest absolute Gasteiger partial charge is 0.422 e. The molecule has 5 heteroatoms. The summed E-state index contributed by atoms with van der Waals surface area (Å²) < 4.78 is 1.07. The Kier molecular flexibility index (Phi) is 5.24. The highest BCUT2D eigenvalue weighted by Gasteiger charge is 2.62. The summed E-state index contributed by atoms with van der Waals surface area (Å²) in [4.78, 5) is 2.58. The van der Waals surface area contributed by atoms with E-state index >= 15 is 0 Å². The number of fused-ring (bicyclic) bond motifs is 2. The molecule has 2 saturated heterocycles. The average molecular weight is 259 g/mol. The minimum atomic E-state index is -0.000162. The van der Waals surface area contributed by atoms with Crippen molar-refractivity contribution in [2.24, 2.45) is 4.99 Å². The molecule has 1 atom stereocenters. The monoisotopic (exact) mass is 259 g/mol. The SMILES string of the molecule is CCCC[N+]1(C)C2CCC1(C#N)CC2.N#CN=C=[N-]. The molecule has 0 spiro atoms. The van der Waals surface area contributed by atoms with Crippen molar-refractivity contribution in [1.29, 1.82) is 10.5 Å². The molecule has 0 saturated carbocycles. The average Bonchev–Trinajstić information content (AvgIpc) is 2.87. The molecule has 2 fully saturated rings. The zero-order chi connectivity index (χ0) is 14.4. The Bertz CT molecular complexity index is 430. The summed E-state index contributed by atoms with van der Waals surface area (Å²) in [5, 5.41) is 24.3. The van der Waals surface area contributed by atoms with Crippen LogP contribution in [0.25, 0.3) is 5.41 Å². The van der Waals surface area contributed by atoms with Gasteiger partial charge >= 0.3 is 0 Å². The van der Waals surface area contributed by atoms with Gasteiger partial charge in [-0.2, -0.15) is 10.5 Å². The maximum atomic E-state index is 9.41. The normalized spacial score (nSPS) is 34.4. The highest BCUT2D eigenvalue weighted by Crippen LogP contribution is 2.51. The lowest BCUT2D eigenvalue weighted by Gasteiger charge is -2.40. The van der Waals surface area contributed by atoms with E-state index < -0.39 is 0 Å². The van der Waals surface area contributed by atoms with E-state index in [4.69, 9.17) is 10.7 Å². The Hall–Kier alpha value is -1.68. The van der Waals surface area contributed by atoms with Crippen molar-refractivity contribution in [3.63, 3.8) is 0 Å². The van der Waals surface area contributed by atoms with Gasteiger partial charge in [0.15, 0.2) is 5.54 Å². The second-order valence-corrected chi connectivity index (χ2v) is 5.53. The number of hydrogen-bond acceptors (Lipinski definition) is 3. The smallest absolute Gasteiger partial charge is 0.186 e. The Labute approximate surface area is 115 Å². The third kappa shape index (κ3) is 2.68. The minimum absolute atomic E-state index is 0.000162. The van der Waals surface area contributed by atoms with Crippen LogP contribution >= 0.6 is 0 Å². The van der Waals surface area contributed by atoms with Crippen molar-refractivity contribution in [3.05, 3.63) is 5.41 Å². The van der Waals surface area contributed by atoms with Crippen molar-refractivity contribution in [1.82, 2.24) is 0 Å². The van der Waals surface area contributed by atoms with E-state index in [0.717, 1.165) is 23.4 Å². The van der Waals surface area contributed by atoms with Gasteiger partial charge in [0.2, 0.25) is 0 Å². The lowest BCUT2D eigenvalue weighted by molar-refractivity contribution is -0.946. The quantitative estimate of drug-likeness (QED) is 0.443. The van der Waals surface area contributed by atoms with Crippen molar-refractivity contribution >= 4 is 6.01 Å². The fourth-order valence-electron chi connectivity index (χ4n) is 3.64. The fraction of sp³-hybridized carbons (Fsp3) is 0.786. The van der Waals surface area contributed by atoms with Gasteiger partial charge in [-0.1, -0.05) is 13.3 Å². The minimum Gasteiger partial charge on any atom is -0.422 e. The van der Waals surface area contributed by atoms with Gasteiger partial charge in [0, 0.05) is 25.7 Å². The second-order valence-electron chi connectivity index (χ2n) is 5.53. The number of rotatable bonds is 3. The number of hydrogen-bond donors (Lipinski definition) is 0. The molecule has 0 N–H and O–H groups in total. The van der Waals surface area contributed by atoms with Crippen LogP contribution < -0.4 is 0 Å². The van der Waals surface area contributed by atoms with E-state index in [2.05, 4.69) is 25.0 Å². The Morgan fingerprint density at radius 1 is 1.37 bits per heavy atom. The number of quaternary nitrogens is 1. The van der Waals surface area contributed by atoms with Gasteiger partial charge in [0.25, 0.3) is 0 Å². The maximum absolute atomic E-state index is 9.41. The van der Waals surface area contributed by atoms with Crippen molar-refractivity contribution in [2.45, 2.75) is 57.0 Å². The molecular weight excluding hydrogens is 238 g/mol. The molecule has 2 heterocycles. The number of unbranched alkanes of at least 4 members (excludes halogenated alkanes) is 1. The summed E-state index contributed by atoms with van der Waals surface area (Å²) >= 11 is 0. The molecule has 2 bridgehead atoms. The third-order valence-corrected chi connectivity index (χ3v) is 4.85. The Morgan fingerprint density at radius 3 is 2.37 bits per heavy atom. The molecule has 0 aromatic rings. The van der Waals surface area contributed by atoms with Crippen LogP contribution in [0.15, 0.2) is 4.99 Å². The van der Waals surface area contributed by atoms with Crippen LogP contribution in [0.3, 0.4) is 0 Å². The van der Waals surface area contributed by atoms with E-state index in [1.165, 1.54) is 44.4 Å². The first kappa shape index (κ1) is 15.4. The molecule has 0 amide bonds. The van der Waals surface area contributed by atoms with Crippen molar-refractivity contribution < 1.29 is 4.48 Å². The van der Waals surface area contributed by atoms with Crippen LogP contribution in [0.5, 0.6) is 0 Å². The summed E-state index contributed by atoms with van der Waals surface area (Å²) in [6, 6.07) is 4.71. The molecule has 2 aliphatic heterocycles. The molecule has 0 aromatic heterocycles. The van der Waals surface area contributed by atoms with Crippen molar-refractivity contribution in [3.8, 4) is 12.3 Å². The standard InChI is InChI=1S/C12H21N2.C2N3/c1-3-4-9-14(2)11-5-7-12(14,10-13)8-6-11;3-1-5-2-4/h11H,3-9H2,1-2H3;/q+1;-1. The zero-order valence-electron chi connectivity index (χ0n) is 11.8. The molecule has 1 unspecified atom stereocenters. The first-order valence-electron chi connectivity index (χ1n) is 6.84. The lowest BCUT2D eigenvalue weighted by atomic mass is 9.89. The van der Waals surface area contributed by atoms with Crippen molar-refractivity contribution in [2.75, 3.05) is 13.6 Å². The van der Waals surface area contributed by atoms with Gasteiger partial charge in [-0.25, -0.2) is 0 Å². The predicted octanol–water partition coefficient (Wildman–Crippen LogP) is 2.66. The molecule has 2 aliphatic rings. The van der Waals surface area contributed by atoms with E-state index in [0.29, 0.717) is 0 Å². The summed E-state index contributed by atoms with van der Waals surface area (Å²) in [6.45, 7) is 3.46. The summed E-state index contributed by atoms with van der Waals surface area (Å²) in [7, 11) is 2.32. The number of aliphatic imine (C=N–C) groups is 1. The lowest BCUT2D eigenvalue weighted by Crippen LogP contribution is -2.56. The van der Waals surface area contributed by atoms with Crippen LogP contribution in [0.2, 0.25) is 0 Å². The van der Waals surface area contributed by atoms with E-state index in [9.17, 15) is 5.26 Å².